The van der Waals surface area contributed by atoms with Gasteiger partial charge in [0.2, 0.25) is 0 Å². The minimum Gasteiger partial charge on any atom is -0.489 e. The zero-order valence-electron chi connectivity index (χ0n) is 17.0. The third kappa shape index (κ3) is 6.18. The van der Waals surface area contributed by atoms with Crippen molar-refractivity contribution in [1.82, 2.24) is 0 Å². The maximum absolute atomic E-state index is 11.6. The fourth-order valence-electron chi connectivity index (χ4n) is 3.12. The molecule has 3 aromatic carbocycles. The second-order valence-electron chi connectivity index (χ2n) is 6.82. The van der Waals surface area contributed by atoms with E-state index in [1.807, 2.05) is 47.4 Å². The summed E-state index contributed by atoms with van der Waals surface area (Å²) < 4.78 is 5.70. The summed E-state index contributed by atoms with van der Waals surface area (Å²) in [6, 6.07) is 21.6. The lowest BCUT2D eigenvalue weighted by Gasteiger charge is -2.23. The van der Waals surface area contributed by atoms with E-state index in [9.17, 15) is 20.3 Å². The first-order valence-corrected chi connectivity index (χ1v) is 9.89. The predicted molar refractivity (Wildman–Crippen MR) is 120 cm³/mol. The Kier molecular flexibility index (Phi) is 7.80. The van der Waals surface area contributed by atoms with E-state index in [0.717, 1.165) is 11.3 Å². The van der Waals surface area contributed by atoms with Crippen molar-refractivity contribution in [1.29, 1.82) is 0 Å². The van der Waals surface area contributed by atoms with Gasteiger partial charge in [-0.05, 0) is 42.0 Å². The van der Waals surface area contributed by atoms with Crippen LogP contribution < -0.4 is 15.0 Å². The topological polar surface area (TPSA) is 108 Å². The van der Waals surface area contributed by atoms with Gasteiger partial charge in [-0.15, -0.1) is 0 Å². The molecule has 0 heterocycles. The van der Waals surface area contributed by atoms with Crippen LogP contribution in [0, 0.1) is 10.1 Å². The summed E-state index contributed by atoms with van der Waals surface area (Å²) in [6.07, 6.45) is 0. The highest BCUT2D eigenvalue weighted by Crippen LogP contribution is 2.32. The summed E-state index contributed by atoms with van der Waals surface area (Å²) >= 11 is 0. The Morgan fingerprint density at radius 1 is 0.935 bits per heavy atom. The highest BCUT2D eigenvalue weighted by Gasteiger charge is 2.16. The van der Waals surface area contributed by atoms with Crippen molar-refractivity contribution >= 4 is 22.7 Å². The van der Waals surface area contributed by atoms with Crippen LogP contribution in [-0.2, 0) is 6.61 Å². The number of nitro groups is 1. The Hall–Kier alpha value is -3.62. The Balaban J connectivity index is 1.72. The summed E-state index contributed by atoms with van der Waals surface area (Å²) in [7, 11) is 0. The second kappa shape index (κ2) is 11.0. The first kappa shape index (κ1) is 22.1. The average Bonchev–Trinajstić information content (AvgIpc) is 2.79. The molecule has 0 unspecified atom stereocenters. The molecule has 0 saturated carbocycles. The van der Waals surface area contributed by atoms with Crippen molar-refractivity contribution in [3.8, 4) is 5.75 Å². The molecular weight excluding hydrogens is 398 g/mol. The van der Waals surface area contributed by atoms with Gasteiger partial charge in [-0.25, -0.2) is 0 Å². The average molecular weight is 423 g/mol. The zero-order valence-corrected chi connectivity index (χ0v) is 17.0. The van der Waals surface area contributed by atoms with Crippen molar-refractivity contribution in [2.24, 2.45) is 0 Å². The van der Waals surface area contributed by atoms with Gasteiger partial charge in [-0.3, -0.25) is 10.1 Å². The molecule has 0 fully saturated rings. The number of nitrogens with zero attached hydrogens (tertiary/aromatic N) is 2. The van der Waals surface area contributed by atoms with Crippen molar-refractivity contribution < 1.29 is 19.9 Å². The number of hydrogen-bond acceptors (Lipinski definition) is 7. The number of ether oxygens (including phenoxy) is 1. The van der Waals surface area contributed by atoms with E-state index in [1.165, 1.54) is 6.07 Å². The molecule has 0 aliphatic carbocycles. The Morgan fingerprint density at radius 2 is 1.61 bits per heavy atom. The van der Waals surface area contributed by atoms with Crippen molar-refractivity contribution in [3.63, 3.8) is 0 Å². The lowest BCUT2D eigenvalue weighted by molar-refractivity contribution is -0.384. The molecule has 0 aromatic heterocycles. The number of hydrogen-bond donors (Lipinski definition) is 3. The summed E-state index contributed by atoms with van der Waals surface area (Å²) in [5.41, 5.74) is 2.76. The number of aliphatic hydroxyl groups is 2. The summed E-state index contributed by atoms with van der Waals surface area (Å²) in [5.74, 6) is 0.417. The molecule has 162 valence electrons. The molecule has 0 amide bonds. The van der Waals surface area contributed by atoms with Crippen molar-refractivity contribution in [2.45, 2.75) is 6.61 Å². The highest BCUT2D eigenvalue weighted by molar-refractivity contribution is 5.71. The third-order valence-corrected chi connectivity index (χ3v) is 4.67. The molecule has 0 bridgehead atoms. The minimum atomic E-state index is -0.448. The maximum atomic E-state index is 11.6. The van der Waals surface area contributed by atoms with Gasteiger partial charge >= 0.3 is 0 Å². The molecule has 31 heavy (non-hydrogen) atoms. The van der Waals surface area contributed by atoms with E-state index in [1.54, 1.807) is 24.3 Å². The molecule has 0 aliphatic heterocycles. The largest absolute Gasteiger partial charge is 0.489 e. The van der Waals surface area contributed by atoms with Crippen LogP contribution >= 0.6 is 0 Å². The van der Waals surface area contributed by atoms with Gasteiger partial charge in [0.1, 0.15) is 18.0 Å². The van der Waals surface area contributed by atoms with Crippen LogP contribution in [0.1, 0.15) is 5.56 Å². The minimum absolute atomic E-state index is 0.0229. The fraction of sp³-hybridized carbons (Fsp3) is 0.217. The molecule has 3 rings (SSSR count). The molecule has 8 heteroatoms. The fourth-order valence-corrected chi connectivity index (χ4v) is 3.12. The SMILES string of the molecule is O=[N+]([O-])c1cc(OCc2ccccc2)ccc1Nc1ccc(N(CCO)CCO)cc1. The molecule has 8 nitrogen and oxygen atoms in total. The van der Waals surface area contributed by atoms with Gasteiger partial charge in [0.25, 0.3) is 5.69 Å². The molecule has 0 radical (unpaired) electrons. The normalized spacial score (nSPS) is 10.5. The van der Waals surface area contributed by atoms with Crippen molar-refractivity contribution in [2.75, 3.05) is 36.5 Å². The van der Waals surface area contributed by atoms with Crippen LogP contribution in [0.2, 0.25) is 0 Å². The number of nitrogens with one attached hydrogen (secondary N) is 1. The number of rotatable bonds is 11. The smallest absolute Gasteiger partial charge is 0.296 e. The van der Waals surface area contributed by atoms with Crippen LogP contribution in [0.25, 0.3) is 0 Å². The van der Waals surface area contributed by atoms with E-state index < -0.39 is 4.92 Å². The summed E-state index contributed by atoms with van der Waals surface area (Å²) in [4.78, 5) is 13.0. The number of aliphatic hydroxyl groups excluding tert-OH is 2. The van der Waals surface area contributed by atoms with Crippen LogP contribution in [0.5, 0.6) is 5.75 Å². The van der Waals surface area contributed by atoms with Crippen LogP contribution in [0.3, 0.4) is 0 Å². The first-order chi connectivity index (χ1) is 15.1. The number of nitro benzene ring substituents is 1. The Morgan fingerprint density at radius 3 is 2.23 bits per heavy atom. The van der Waals surface area contributed by atoms with Crippen LogP contribution in [-0.4, -0.2) is 41.4 Å². The zero-order chi connectivity index (χ0) is 22.1. The quantitative estimate of drug-likeness (QED) is 0.319. The van der Waals surface area contributed by atoms with Gasteiger partial charge < -0.3 is 25.2 Å². The molecule has 3 aromatic rings. The van der Waals surface area contributed by atoms with Crippen LogP contribution in [0.15, 0.2) is 72.8 Å². The lowest BCUT2D eigenvalue weighted by Crippen LogP contribution is -2.29. The standard InChI is InChI=1S/C23H25N3O5/c27-14-12-25(13-15-28)20-8-6-19(7-9-20)24-22-11-10-21(16-23(22)26(29)30)31-17-18-4-2-1-3-5-18/h1-11,16,24,27-28H,12-15,17H2. The molecular formula is C23H25N3O5. The summed E-state index contributed by atoms with van der Waals surface area (Å²) in [5, 5.41) is 33.0. The third-order valence-electron chi connectivity index (χ3n) is 4.67. The Bertz CT molecular complexity index is 974. The Labute approximate surface area is 180 Å². The second-order valence-corrected chi connectivity index (χ2v) is 6.82. The molecule has 0 atom stereocenters. The summed E-state index contributed by atoms with van der Waals surface area (Å²) in [6.45, 7) is 1.09. The van der Waals surface area contributed by atoms with E-state index in [2.05, 4.69) is 5.32 Å². The predicted octanol–water partition coefficient (Wildman–Crippen LogP) is 3.71. The number of anilines is 3. The maximum Gasteiger partial charge on any atom is 0.296 e. The molecule has 3 N–H and O–H groups in total. The van der Waals surface area contributed by atoms with Gasteiger partial charge in [-0.1, -0.05) is 30.3 Å². The first-order valence-electron chi connectivity index (χ1n) is 9.89. The van der Waals surface area contributed by atoms with Gasteiger partial charge in [0, 0.05) is 24.5 Å². The van der Waals surface area contributed by atoms with E-state index in [-0.39, 0.29) is 18.9 Å². The number of benzene rings is 3. The van der Waals surface area contributed by atoms with E-state index >= 15 is 0 Å². The van der Waals surface area contributed by atoms with Crippen LogP contribution in [0.4, 0.5) is 22.7 Å². The highest BCUT2D eigenvalue weighted by atomic mass is 16.6. The van der Waals surface area contributed by atoms with E-state index in [4.69, 9.17) is 4.74 Å². The van der Waals surface area contributed by atoms with Crippen molar-refractivity contribution in [3.05, 3.63) is 88.5 Å². The lowest BCUT2D eigenvalue weighted by atomic mass is 10.2. The molecule has 0 saturated heterocycles. The van der Waals surface area contributed by atoms with Gasteiger partial charge in [0.05, 0.1) is 24.2 Å². The molecule has 0 aliphatic rings. The van der Waals surface area contributed by atoms with Gasteiger partial charge in [0.15, 0.2) is 0 Å². The van der Waals surface area contributed by atoms with Gasteiger partial charge in [-0.2, -0.15) is 0 Å². The molecule has 0 spiro atoms. The monoisotopic (exact) mass is 423 g/mol. The van der Waals surface area contributed by atoms with E-state index in [0.29, 0.717) is 36.8 Å².